The Hall–Kier alpha value is -1.47. The second-order valence-corrected chi connectivity index (χ2v) is 6.79. The highest BCUT2D eigenvalue weighted by Crippen LogP contribution is 2.27. The first-order valence-electron chi connectivity index (χ1n) is 6.08. The van der Waals surface area contributed by atoms with Crippen molar-refractivity contribution in [2.24, 2.45) is 5.92 Å². The number of thioether (sulfide) groups is 1. The molecular formula is C13H14FN3OS2. The SMILES string of the molecule is CC(C)CSc1nnc(NC(=O)c2cccc(F)c2)s1. The van der Waals surface area contributed by atoms with Crippen molar-refractivity contribution in [1.29, 1.82) is 0 Å². The highest BCUT2D eigenvalue weighted by atomic mass is 32.2. The maximum atomic E-state index is 13.0. The molecule has 0 bridgehead atoms. The van der Waals surface area contributed by atoms with Gasteiger partial charge in [-0.05, 0) is 24.1 Å². The van der Waals surface area contributed by atoms with Crippen LogP contribution in [0.5, 0.6) is 0 Å². The molecular weight excluding hydrogens is 297 g/mol. The molecule has 0 aliphatic carbocycles. The van der Waals surface area contributed by atoms with Crippen molar-refractivity contribution in [1.82, 2.24) is 10.2 Å². The fourth-order valence-electron chi connectivity index (χ4n) is 1.36. The van der Waals surface area contributed by atoms with E-state index >= 15 is 0 Å². The van der Waals surface area contributed by atoms with Gasteiger partial charge in [-0.3, -0.25) is 10.1 Å². The summed E-state index contributed by atoms with van der Waals surface area (Å²) < 4.78 is 13.9. The van der Waals surface area contributed by atoms with Gasteiger partial charge in [-0.1, -0.05) is 43.0 Å². The Kier molecular flexibility index (Phi) is 5.08. The predicted molar refractivity (Wildman–Crippen MR) is 79.8 cm³/mol. The second kappa shape index (κ2) is 6.81. The number of hydrogen-bond donors (Lipinski definition) is 1. The van der Waals surface area contributed by atoms with Crippen LogP contribution in [0.2, 0.25) is 0 Å². The summed E-state index contributed by atoms with van der Waals surface area (Å²) in [5.74, 6) is 0.685. The summed E-state index contributed by atoms with van der Waals surface area (Å²) in [5.41, 5.74) is 0.261. The Morgan fingerprint density at radius 3 is 2.95 bits per heavy atom. The van der Waals surface area contributed by atoms with Crippen molar-refractivity contribution >= 4 is 34.1 Å². The first-order chi connectivity index (χ1) is 9.54. The minimum absolute atomic E-state index is 0.261. The lowest BCUT2D eigenvalue weighted by Gasteiger charge is -2.01. The normalized spacial score (nSPS) is 10.8. The molecule has 0 unspecified atom stereocenters. The lowest BCUT2D eigenvalue weighted by molar-refractivity contribution is 0.102. The molecule has 0 radical (unpaired) electrons. The number of halogens is 1. The van der Waals surface area contributed by atoms with E-state index < -0.39 is 5.82 Å². The van der Waals surface area contributed by atoms with Crippen LogP contribution < -0.4 is 5.32 Å². The fraction of sp³-hybridized carbons (Fsp3) is 0.308. The summed E-state index contributed by atoms with van der Waals surface area (Å²) >= 11 is 2.93. The van der Waals surface area contributed by atoms with Gasteiger partial charge in [-0.15, -0.1) is 10.2 Å². The van der Waals surface area contributed by atoms with Crippen LogP contribution >= 0.6 is 23.1 Å². The molecule has 0 spiro atoms. The fourth-order valence-corrected chi connectivity index (χ4v) is 3.08. The van der Waals surface area contributed by atoms with E-state index in [0.29, 0.717) is 11.0 Å². The molecule has 1 aromatic heterocycles. The molecule has 7 heteroatoms. The molecule has 106 valence electrons. The maximum absolute atomic E-state index is 13.0. The Balaban J connectivity index is 1.98. The Bertz CT molecular complexity index is 601. The van der Waals surface area contributed by atoms with Gasteiger partial charge < -0.3 is 0 Å². The maximum Gasteiger partial charge on any atom is 0.257 e. The van der Waals surface area contributed by atoms with Crippen molar-refractivity contribution in [3.63, 3.8) is 0 Å². The molecule has 0 saturated carbocycles. The lowest BCUT2D eigenvalue weighted by atomic mass is 10.2. The van der Waals surface area contributed by atoms with E-state index in [1.165, 1.54) is 29.5 Å². The van der Waals surface area contributed by atoms with E-state index in [1.54, 1.807) is 17.8 Å². The quantitative estimate of drug-likeness (QED) is 0.676. The Morgan fingerprint density at radius 2 is 2.25 bits per heavy atom. The monoisotopic (exact) mass is 311 g/mol. The van der Waals surface area contributed by atoms with Crippen LogP contribution in [0.15, 0.2) is 28.6 Å². The van der Waals surface area contributed by atoms with Crippen molar-refractivity contribution in [3.05, 3.63) is 35.6 Å². The molecule has 1 aromatic carbocycles. The number of nitrogens with one attached hydrogen (secondary N) is 1. The molecule has 0 aliphatic rings. The van der Waals surface area contributed by atoms with Gasteiger partial charge in [-0.2, -0.15) is 0 Å². The average Bonchev–Trinajstić information content (AvgIpc) is 2.84. The van der Waals surface area contributed by atoms with Crippen LogP contribution in [0.25, 0.3) is 0 Å². The lowest BCUT2D eigenvalue weighted by Crippen LogP contribution is -2.11. The van der Waals surface area contributed by atoms with Crippen LogP contribution in [0.3, 0.4) is 0 Å². The summed E-state index contributed by atoms with van der Waals surface area (Å²) in [7, 11) is 0. The number of aromatic nitrogens is 2. The van der Waals surface area contributed by atoms with Crippen LogP contribution in [0, 0.1) is 11.7 Å². The number of carbonyl (C=O) groups is 1. The van der Waals surface area contributed by atoms with E-state index in [2.05, 4.69) is 29.4 Å². The third kappa shape index (κ3) is 4.28. The largest absolute Gasteiger partial charge is 0.296 e. The summed E-state index contributed by atoms with van der Waals surface area (Å²) in [6.45, 7) is 4.25. The minimum atomic E-state index is -0.442. The number of hydrogen-bond acceptors (Lipinski definition) is 5. The van der Waals surface area contributed by atoms with Crippen LogP contribution in [-0.2, 0) is 0 Å². The summed E-state index contributed by atoms with van der Waals surface area (Å²) in [4.78, 5) is 11.9. The molecule has 1 amide bonds. The molecule has 0 aliphatic heterocycles. The summed E-state index contributed by atoms with van der Waals surface area (Å²) in [6.07, 6.45) is 0. The average molecular weight is 311 g/mol. The topological polar surface area (TPSA) is 54.9 Å². The number of rotatable bonds is 5. The van der Waals surface area contributed by atoms with Gasteiger partial charge in [0.25, 0.3) is 5.91 Å². The van der Waals surface area contributed by atoms with Crippen LogP contribution in [0.4, 0.5) is 9.52 Å². The second-order valence-electron chi connectivity index (χ2n) is 4.54. The molecule has 0 atom stereocenters. The number of benzene rings is 1. The molecule has 4 nitrogen and oxygen atoms in total. The van der Waals surface area contributed by atoms with E-state index in [-0.39, 0.29) is 11.5 Å². The molecule has 0 fully saturated rings. The number of anilines is 1. The van der Waals surface area contributed by atoms with Gasteiger partial charge in [0.2, 0.25) is 5.13 Å². The number of amides is 1. The van der Waals surface area contributed by atoms with Crippen molar-refractivity contribution in [2.75, 3.05) is 11.1 Å². The third-order valence-corrected chi connectivity index (χ3v) is 4.65. The molecule has 1 N–H and O–H groups in total. The van der Waals surface area contributed by atoms with Crippen molar-refractivity contribution in [2.45, 2.75) is 18.2 Å². The molecule has 1 heterocycles. The summed E-state index contributed by atoms with van der Waals surface area (Å²) in [5, 5.41) is 10.9. The molecule has 20 heavy (non-hydrogen) atoms. The first kappa shape index (κ1) is 14.9. The zero-order valence-corrected chi connectivity index (χ0v) is 12.7. The smallest absolute Gasteiger partial charge is 0.257 e. The predicted octanol–water partition coefficient (Wildman–Crippen LogP) is 3.68. The van der Waals surface area contributed by atoms with Gasteiger partial charge in [0, 0.05) is 11.3 Å². The van der Waals surface area contributed by atoms with Gasteiger partial charge in [-0.25, -0.2) is 4.39 Å². The van der Waals surface area contributed by atoms with Crippen molar-refractivity contribution in [3.8, 4) is 0 Å². The van der Waals surface area contributed by atoms with Crippen LogP contribution in [0.1, 0.15) is 24.2 Å². The number of nitrogens with zero attached hydrogens (tertiary/aromatic N) is 2. The van der Waals surface area contributed by atoms with E-state index in [1.807, 2.05) is 0 Å². The van der Waals surface area contributed by atoms with E-state index in [0.717, 1.165) is 10.1 Å². The Morgan fingerprint density at radius 1 is 1.45 bits per heavy atom. The van der Waals surface area contributed by atoms with E-state index in [9.17, 15) is 9.18 Å². The molecule has 0 saturated heterocycles. The Labute approximate surface area is 124 Å². The van der Waals surface area contributed by atoms with Crippen molar-refractivity contribution < 1.29 is 9.18 Å². The van der Waals surface area contributed by atoms with Crippen LogP contribution in [-0.4, -0.2) is 21.9 Å². The van der Waals surface area contributed by atoms with Gasteiger partial charge in [0.05, 0.1) is 0 Å². The zero-order valence-electron chi connectivity index (χ0n) is 11.1. The summed E-state index contributed by atoms with van der Waals surface area (Å²) in [6, 6.07) is 5.52. The van der Waals surface area contributed by atoms with E-state index in [4.69, 9.17) is 0 Å². The standard InChI is InChI=1S/C13H14FN3OS2/c1-8(2)7-19-13-17-16-12(20-13)15-11(18)9-4-3-5-10(14)6-9/h3-6,8H,7H2,1-2H3,(H,15,16,18). The zero-order chi connectivity index (χ0) is 14.5. The molecule has 2 rings (SSSR count). The van der Waals surface area contributed by atoms with Gasteiger partial charge in [0.15, 0.2) is 4.34 Å². The minimum Gasteiger partial charge on any atom is -0.296 e. The highest BCUT2D eigenvalue weighted by Gasteiger charge is 2.11. The highest BCUT2D eigenvalue weighted by molar-refractivity contribution is 8.01. The van der Waals surface area contributed by atoms with Gasteiger partial charge in [0.1, 0.15) is 5.82 Å². The third-order valence-electron chi connectivity index (χ3n) is 2.25. The number of carbonyl (C=O) groups excluding carboxylic acids is 1. The molecule has 2 aromatic rings. The van der Waals surface area contributed by atoms with Gasteiger partial charge >= 0.3 is 0 Å². The first-order valence-corrected chi connectivity index (χ1v) is 7.88.